The number of nitrogens with one attached hydrogen (secondary N) is 2. The molecule has 2 N–H and O–H groups in total. The van der Waals surface area contributed by atoms with Crippen molar-refractivity contribution in [3.63, 3.8) is 0 Å². The molecule has 5 heteroatoms. The molecule has 3 rings (SSSR count). The molecule has 0 bridgehead atoms. The van der Waals surface area contributed by atoms with Crippen molar-refractivity contribution in [1.82, 2.24) is 5.32 Å². The molecule has 1 aliphatic rings. The van der Waals surface area contributed by atoms with E-state index in [-0.39, 0.29) is 5.91 Å². The van der Waals surface area contributed by atoms with Crippen LogP contribution in [0.1, 0.15) is 22.3 Å². The topological polar surface area (TPSA) is 44.4 Å². The minimum atomic E-state index is -0.114. The van der Waals surface area contributed by atoms with Crippen molar-refractivity contribution in [2.45, 2.75) is 12.8 Å². The van der Waals surface area contributed by atoms with Gasteiger partial charge < -0.3 is 15.5 Å². The molecule has 4 nitrogen and oxygen atoms in total. The molecule has 2 aromatic rings. The van der Waals surface area contributed by atoms with Crippen molar-refractivity contribution in [1.29, 1.82) is 0 Å². The summed E-state index contributed by atoms with van der Waals surface area (Å²) in [4.78, 5) is 14.7. The standard InChI is InChI=1S/C20H24ClN3O/c1-24(2)19-7-6-17(21)12-18(19)23-20(25)16-5-3-4-14(11-16)10-15-8-9-22-13-15/h3-7,11-12,15,22H,8-10,13H2,1-2H3,(H,23,25). The van der Waals surface area contributed by atoms with Crippen molar-refractivity contribution in [3.8, 4) is 0 Å². The second kappa shape index (κ2) is 7.89. The maximum atomic E-state index is 12.7. The van der Waals surface area contributed by atoms with Gasteiger partial charge in [0.05, 0.1) is 11.4 Å². The SMILES string of the molecule is CN(C)c1ccc(Cl)cc1NC(=O)c1cccc(CC2CCNC2)c1. The van der Waals surface area contributed by atoms with Gasteiger partial charge in [0, 0.05) is 24.7 Å². The normalized spacial score (nSPS) is 16.7. The van der Waals surface area contributed by atoms with Crippen LogP contribution in [0.15, 0.2) is 42.5 Å². The highest BCUT2D eigenvalue weighted by Gasteiger charge is 2.16. The predicted molar refractivity (Wildman–Crippen MR) is 105 cm³/mol. The van der Waals surface area contributed by atoms with Crippen LogP contribution in [0, 0.1) is 5.92 Å². The van der Waals surface area contributed by atoms with Gasteiger partial charge in [0.15, 0.2) is 0 Å². The highest BCUT2D eigenvalue weighted by atomic mass is 35.5. The fraction of sp³-hybridized carbons (Fsp3) is 0.350. The van der Waals surface area contributed by atoms with Crippen LogP contribution in [0.3, 0.4) is 0 Å². The van der Waals surface area contributed by atoms with Crippen LogP contribution in [-0.2, 0) is 6.42 Å². The number of hydrogen-bond donors (Lipinski definition) is 2. The van der Waals surface area contributed by atoms with E-state index in [0.29, 0.717) is 22.2 Å². The van der Waals surface area contributed by atoms with Crippen LogP contribution in [0.4, 0.5) is 11.4 Å². The Morgan fingerprint density at radius 2 is 2.12 bits per heavy atom. The first-order chi connectivity index (χ1) is 12.0. The van der Waals surface area contributed by atoms with E-state index in [1.807, 2.05) is 49.3 Å². The first-order valence-electron chi connectivity index (χ1n) is 8.61. The number of nitrogens with zero attached hydrogens (tertiary/aromatic N) is 1. The molecular formula is C20H24ClN3O. The van der Waals surface area contributed by atoms with E-state index in [1.54, 1.807) is 6.07 Å². The molecule has 0 aromatic heterocycles. The second-order valence-corrected chi connectivity index (χ2v) is 7.21. The Labute approximate surface area is 154 Å². The smallest absolute Gasteiger partial charge is 0.255 e. The van der Waals surface area contributed by atoms with E-state index in [2.05, 4.69) is 16.7 Å². The van der Waals surface area contributed by atoms with E-state index in [4.69, 9.17) is 11.6 Å². The fourth-order valence-electron chi connectivity index (χ4n) is 3.25. The quantitative estimate of drug-likeness (QED) is 0.855. The van der Waals surface area contributed by atoms with Gasteiger partial charge in [-0.3, -0.25) is 4.79 Å². The molecule has 1 aliphatic heterocycles. The fourth-order valence-corrected chi connectivity index (χ4v) is 3.43. The molecule has 1 amide bonds. The average molecular weight is 358 g/mol. The van der Waals surface area contributed by atoms with Crippen molar-refractivity contribution in [2.24, 2.45) is 5.92 Å². The van der Waals surface area contributed by atoms with Crippen LogP contribution in [0.2, 0.25) is 5.02 Å². The number of benzene rings is 2. The number of amides is 1. The van der Waals surface area contributed by atoms with Crippen molar-refractivity contribution < 1.29 is 4.79 Å². The Morgan fingerprint density at radius 3 is 2.84 bits per heavy atom. The molecule has 2 aromatic carbocycles. The predicted octanol–water partition coefficient (Wildman–Crippen LogP) is 3.81. The van der Waals surface area contributed by atoms with E-state index < -0.39 is 0 Å². The van der Waals surface area contributed by atoms with Crippen molar-refractivity contribution >= 4 is 28.9 Å². The molecule has 0 saturated carbocycles. The summed E-state index contributed by atoms with van der Waals surface area (Å²) in [6.45, 7) is 2.15. The lowest BCUT2D eigenvalue weighted by Gasteiger charge is -2.18. The van der Waals surface area contributed by atoms with Gasteiger partial charge in [-0.15, -0.1) is 0 Å². The molecule has 25 heavy (non-hydrogen) atoms. The number of rotatable bonds is 5. The Bertz CT molecular complexity index is 754. The zero-order valence-electron chi connectivity index (χ0n) is 14.7. The number of anilines is 2. The largest absolute Gasteiger partial charge is 0.376 e. The minimum Gasteiger partial charge on any atom is -0.376 e. The van der Waals surface area contributed by atoms with E-state index in [0.717, 1.165) is 25.2 Å². The highest BCUT2D eigenvalue weighted by Crippen LogP contribution is 2.28. The Hall–Kier alpha value is -2.04. The summed E-state index contributed by atoms with van der Waals surface area (Å²) >= 11 is 6.10. The van der Waals surface area contributed by atoms with Gasteiger partial charge in [-0.25, -0.2) is 0 Å². The number of carbonyl (C=O) groups is 1. The van der Waals surface area contributed by atoms with Gasteiger partial charge in [-0.1, -0.05) is 23.7 Å². The molecular weight excluding hydrogens is 334 g/mol. The summed E-state index contributed by atoms with van der Waals surface area (Å²) in [6.07, 6.45) is 2.21. The first kappa shape index (κ1) is 17.8. The Balaban J connectivity index is 1.76. The zero-order valence-corrected chi connectivity index (χ0v) is 15.4. The molecule has 1 fully saturated rings. The lowest BCUT2D eigenvalue weighted by atomic mass is 9.97. The van der Waals surface area contributed by atoms with Gasteiger partial charge in [0.1, 0.15) is 0 Å². The Kier molecular flexibility index (Phi) is 5.61. The first-order valence-corrected chi connectivity index (χ1v) is 8.98. The van der Waals surface area contributed by atoms with Gasteiger partial charge in [0.2, 0.25) is 0 Å². The summed E-state index contributed by atoms with van der Waals surface area (Å²) < 4.78 is 0. The van der Waals surface area contributed by atoms with Crippen LogP contribution in [-0.4, -0.2) is 33.1 Å². The van der Waals surface area contributed by atoms with Crippen molar-refractivity contribution in [3.05, 3.63) is 58.6 Å². The van der Waals surface area contributed by atoms with Gasteiger partial charge >= 0.3 is 0 Å². The molecule has 1 saturated heterocycles. The van der Waals surface area contributed by atoms with Crippen LogP contribution < -0.4 is 15.5 Å². The third kappa shape index (κ3) is 4.53. The summed E-state index contributed by atoms with van der Waals surface area (Å²) in [6, 6.07) is 13.4. The minimum absolute atomic E-state index is 0.114. The van der Waals surface area contributed by atoms with Gasteiger partial charge in [-0.05, 0) is 67.7 Å². The zero-order chi connectivity index (χ0) is 17.8. The molecule has 1 unspecified atom stereocenters. The third-order valence-corrected chi connectivity index (χ3v) is 4.80. The van der Waals surface area contributed by atoms with Crippen molar-refractivity contribution in [2.75, 3.05) is 37.4 Å². The van der Waals surface area contributed by atoms with E-state index in [9.17, 15) is 4.79 Å². The Morgan fingerprint density at radius 1 is 1.28 bits per heavy atom. The van der Waals surface area contributed by atoms with E-state index in [1.165, 1.54) is 12.0 Å². The molecule has 1 heterocycles. The van der Waals surface area contributed by atoms with Crippen LogP contribution in [0.5, 0.6) is 0 Å². The van der Waals surface area contributed by atoms with Crippen LogP contribution >= 0.6 is 11.6 Å². The highest BCUT2D eigenvalue weighted by molar-refractivity contribution is 6.31. The lowest BCUT2D eigenvalue weighted by molar-refractivity contribution is 0.102. The molecule has 132 valence electrons. The molecule has 0 aliphatic carbocycles. The summed E-state index contributed by atoms with van der Waals surface area (Å²) in [5.41, 5.74) is 3.52. The van der Waals surface area contributed by atoms with E-state index >= 15 is 0 Å². The monoisotopic (exact) mass is 357 g/mol. The summed E-state index contributed by atoms with van der Waals surface area (Å²) in [5, 5.41) is 6.98. The average Bonchev–Trinajstić information content (AvgIpc) is 3.08. The molecule has 1 atom stereocenters. The van der Waals surface area contributed by atoms with Crippen LogP contribution in [0.25, 0.3) is 0 Å². The number of halogens is 1. The maximum Gasteiger partial charge on any atom is 0.255 e. The van der Waals surface area contributed by atoms with Gasteiger partial charge in [-0.2, -0.15) is 0 Å². The molecule has 0 spiro atoms. The third-order valence-electron chi connectivity index (χ3n) is 4.56. The lowest BCUT2D eigenvalue weighted by Crippen LogP contribution is -2.17. The van der Waals surface area contributed by atoms with Gasteiger partial charge in [0.25, 0.3) is 5.91 Å². The second-order valence-electron chi connectivity index (χ2n) is 6.77. The molecule has 0 radical (unpaired) electrons. The number of carbonyl (C=O) groups excluding carboxylic acids is 1. The summed E-state index contributed by atoms with van der Waals surface area (Å²) in [5.74, 6) is 0.545. The maximum absolute atomic E-state index is 12.7. The summed E-state index contributed by atoms with van der Waals surface area (Å²) in [7, 11) is 3.88. The number of hydrogen-bond acceptors (Lipinski definition) is 3.